The Morgan fingerprint density at radius 2 is 0.360 bits per heavy atom. The molecule has 0 aliphatic heterocycles. The van der Waals surface area contributed by atoms with Crippen molar-refractivity contribution >= 4 is 11.4 Å². The fraction of sp³-hybridized carbons (Fsp3) is 0.500. The van der Waals surface area contributed by atoms with Crippen molar-refractivity contribution in [3.05, 3.63) is 163 Å². The monoisotopic (exact) mass is 1040 g/mol. The molecule has 0 radical (unpaired) electrons. The fourth-order valence-electron chi connectivity index (χ4n) is 11.0. The van der Waals surface area contributed by atoms with E-state index in [9.17, 15) is 11.5 Å². The molecule has 0 saturated carbocycles. The van der Waals surface area contributed by atoms with Crippen LogP contribution < -0.4 is 0 Å². The molecule has 0 unspecified atom stereocenters. The van der Waals surface area contributed by atoms with Gasteiger partial charge < -0.3 is 11.5 Å². The molecule has 2 nitrogen and oxygen atoms in total. The second-order valence-corrected chi connectivity index (χ2v) is 25.6. The maximum Gasteiger partial charge on any atom is 2.00 e. The van der Waals surface area contributed by atoms with Gasteiger partial charge >= 0.3 is 17.4 Å². The summed E-state index contributed by atoms with van der Waals surface area (Å²) in [6, 6.07) is 32.3. The molecule has 0 bridgehead atoms. The van der Waals surface area contributed by atoms with Crippen LogP contribution in [0.25, 0.3) is 56.0 Å². The summed E-state index contributed by atoms with van der Waals surface area (Å²) in [5, 5.41) is 0. The van der Waals surface area contributed by atoms with E-state index in [-0.39, 0.29) is 17.4 Å². The van der Waals surface area contributed by atoms with Gasteiger partial charge in [-0.05, 0) is 182 Å². The van der Waals surface area contributed by atoms with E-state index in [0.717, 1.165) is 22.3 Å². The van der Waals surface area contributed by atoms with Gasteiger partial charge in [0, 0.05) is 0 Å². The molecule has 0 amide bonds. The van der Waals surface area contributed by atoms with Crippen molar-refractivity contribution in [2.45, 2.75) is 237 Å². The minimum atomic E-state index is 0. The van der Waals surface area contributed by atoms with Crippen LogP contribution in [0.2, 0.25) is 0 Å². The number of rotatable bonds is 16. The molecule has 0 aliphatic rings. The maximum absolute atomic E-state index is 9.65. The van der Waals surface area contributed by atoms with Crippen molar-refractivity contribution in [3.8, 4) is 44.5 Å². The van der Waals surface area contributed by atoms with E-state index in [1.165, 1.54) is 89.0 Å². The fourth-order valence-corrected chi connectivity index (χ4v) is 11.0. The SMILES string of the molecule is CC(C)c1cc(C(C)C)c(-c2cccc(-c3c(C(C)C)cc(C(C)C)cc3C(C)C)c2[NH-])c(C(C)C)c1.CC(C)c1cc(C(C)C)c(-c2cccc(-c3c(C(C)C)cc(C(C)C)cc3C(C)C)c2[NH-])c(C(C)C)c1.[Cr+2]. The Hall–Kier alpha value is -4.55. The number of benzene rings is 6. The molecule has 6 aromatic carbocycles. The molecule has 0 atom stereocenters. The van der Waals surface area contributed by atoms with E-state index < -0.39 is 0 Å². The van der Waals surface area contributed by atoms with Gasteiger partial charge in [-0.25, -0.2) is 0 Å². The Balaban J connectivity index is 0.000000320. The summed E-state index contributed by atoms with van der Waals surface area (Å²) < 4.78 is 0. The van der Waals surface area contributed by atoms with E-state index in [1.54, 1.807) is 0 Å². The summed E-state index contributed by atoms with van der Waals surface area (Å²) in [6.07, 6.45) is 0. The van der Waals surface area contributed by atoms with Gasteiger partial charge in [-0.1, -0.05) is 251 Å². The summed E-state index contributed by atoms with van der Waals surface area (Å²) in [7, 11) is 0. The van der Waals surface area contributed by atoms with Crippen LogP contribution in [0, 0.1) is 0 Å². The number of hydrogen-bond donors (Lipinski definition) is 0. The molecule has 404 valence electrons. The largest absolute Gasteiger partial charge is 2.00 e. The van der Waals surface area contributed by atoms with E-state index in [0.29, 0.717) is 82.4 Å². The Morgan fingerprint density at radius 3 is 0.467 bits per heavy atom. The average Bonchev–Trinajstić information content (AvgIpc) is 3.32. The van der Waals surface area contributed by atoms with Crippen LogP contribution in [0.1, 0.15) is 304 Å². The Labute approximate surface area is 470 Å². The molecular formula is C72H100CrN2. The summed E-state index contributed by atoms with van der Waals surface area (Å²) in [6.45, 7) is 54.9. The third kappa shape index (κ3) is 13.8. The van der Waals surface area contributed by atoms with Crippen molar-refractivity contribution in [1.29, 1.82) is 0 Å². The van der Waals surface area contributed by atoms with Gasteiger partial charge in [0.1, 0.15) is 0 Å². The average molecular weight is 1050 g/mol. The maximum atomic E-state index is 9.65. The molecule has 0 fully saturated rings. The zero-order chi connectivity index (χ0) is 55.5. The smallest absolute Gasteiger partial charge is 0.698 e. The molecule has 2 N–H and O–H groups in total. The van der Waals surface area contributed by atoms with E-state index in [4.69, 9.17) is 0 Å². The van der Waals surface area contributed by atoms with Crippen LogP contribution >= 0.6 is 0 Å². The first-order chi connectivity index (χ1) is 34.5. The van der Waals surface area contributed by atoms with Gasteiger partial charge in [0.15, 0.2) is 0 Å². The van der Waals surface area contributed by atoms with Crippen molar-refractivity contribution in [1.82, 2.24) is 0 Å². The second kappa shape index (κ2) is 26.2. The Bertz CT molecular complexity index is 2380. The molecule has 6 aromatic rings. The van der Waals surface area contributed by atoms with Gasteiger partial charge in [0.05, 0.1) is 0 Å². The van der Waals surface area contributed by atoms with Gasteiger partial charge in [0.2, 0.25) is 0 Å². The first kappa shape index (κ1) is 63.0. The molecule has 0 saturated heterocycles. The molecule has 0 heterocycles. The third-order valence-electron chi connectivity index (χ3n) is 15.7. The third-order valence-corrected chi connectivity index (χ3v) is 15.7. The van der Waals surface area contributed by atoms with E-state index in [1.807, 2.05) is 0 Å². The van der Waals surface area contributed by atoms with E-state index in [2.05, 4.69) is 251 Å². The quantitative estimate of drug-likeness (QED) is 0.0927. The predicted molar refractivity (Wildman–Crippen MR) is 332 cm³/mol. The predicted octanol–water partition coefficient (Wildman–Crippen LogP) is 24.9. The molecule has 0 aliphatic carbocycles. The van der Waals surface area contributed by atoms with Crippen molar-refractivity contribution in [2.75, 3.05) is 0 Å². The summed E-state index contributed by atoms with van der Waals surface area (Å²) in [5.74, 6) is 5.01. The minimum absolute atomic E-state index is 0. The summed E-state index contributed by atoms with van der Waals surface area (Å²) in [5.41, 5.74) is 46.5. The van der Waals surface area contributed by atoms with Gasteiger partial charge in [-0.15, -0.1) is 11.4 Å². The normalized spacial score (nSPS) is 12.1. The van der Waals surface area contributed by atoms with Crippen molar-refractivity contribution in [2.24, 2.45) is 0 Å². The van der Waals surface area contributed by atoms with Crippen LogP contribution in [-0.2, 0) is 17.4 Å². The van der Waals surface area contributed by atoms with Crippen LogP contribution in [-0.4, -0.2) is 0 Å². The zero-order valence-corrected chi connectivity index (χ0v) is 52.7. The molecule has 0 aromatic heterocycles. The van der Waals surface area contributed by atoms with Gasteiger partial charge in [-0.2, -0.15) is 0 Å². The minimum Gasteiger partial charge on any atom is -0.698 e. The molecule has 3 heteroatoms. The molecular weight excluding hydrogens is 945 g/mol. The molecule has 6 rings (SSSR count). The Morgan fingerprint density at radius 1 is 0.227 bits per heavy atom. The summed E-state index contributed by atoms with van der Waals surface area (Å²) >= 11 is 0. The van der Waals surface area contributed by atoms with Crippen LogP contribution in [0.4, 0.5) is 11.4 Å². The first-order valence-corrected chi connectivity index (χ1v) is 28.9. The molecule has 0 spiro atoms. The molecule has 75 heavy (non-hydrogen) atoms. The van der Waals surface area contributed by atoms with Crippen LogP contribution in [0.15, 0.2) is 84.9 Å². The van der Waals surface area contributed by atoms with Crippen LogP contribution in [0.3, 0.4) is 0 Å². The summed E-state index contributed by atoms with van der Waals surface area (Å²) in [4.78, 5) is 0. The van der Waals surface area contributed by atoms with Crippen molar-refractivity contribution in [3.63, 3.8) is 0 Å². The van der Waals surface area contributed by atoms with E-state index >= 15 is 0 Å². The van der Waals surface area contributed by atoms with Gasteiger partial charge in [-0.3, -0.25) is 0 Å². The second-order valence-electron chi connectivity index (χ2n) is 25.6. The van der Waals surface area contributed by atoms with Crippen molar-refractivity contribution < 1.29 is 17.4 Å². The topological polar surface area (TPSA) is 47.6 Å². The number of nitrogens with one attached hydrogen (secondary N) is 2. The standard InChI is InChI=1S/2C36H50N.Cr/c2*1-20(2)26-16-30(22(5)6)34(31(17-26)23(7)8)28-14-13-15-29(36(28)37)35-32(24(9)10)18-27(21(3)4)19-33(35)25(11)12;/h2*13-25,37H,1-12H3;/q2*-1;+2. The Kier molecular flexibility index (Phi) is 22.0. The van der Waals surface area contributed by atoms with Gasteiger partial charge in [0.25, 0.3) is 0 Å². The first-order valence-electron chi connectivity index (χ1n) is 28.9. The van der Waals surface area contributed by atoms with Crippen LogP contribution in [0.5, 0.6) is 0 Å². The zero-order valence-electron chi connectivity index (χ0n) is 51.4. The number of hydrogen-bond acceptors (Lipinski definition) is 0.